The molecule has 3 heterocycles. The van der Waals surface area contributed by atoms with Crippen LogP contribution in [-0.2, 0) is 22.4 Å². The van der Waals surface area contributed by atoms with E-state index < -0.39 is 0 Å². The zero-order valence-corrected chi connectivity index (χ0v) is 17.3. The van der Waals surface area contributed by atoms with Crippen LogP contribution in [0, 0.1) is 0 Å². The average molecular weight is 354 g/mol. The lowest BCUT2D eigenvalue weighted by molar-refractivity contribution is -0.0410. The first-order valence-corrected chi connectivity index (χ1v) is 9.66. The number of hydrogen-bond donors (Lipinski definition) is 1. The summed E-state index contributed by atoms with van der Waals surface area (Å²) in [5, 5.41) is 3.31. The molecule has 2 atom stereocenters. The minimum absolute atomic E-state index is 0.235. The summed E-state index contributed by atoms with van der Waals surface area (Å²) in [5.41, 5.74) is 2.67. The van der Waals surface area contributed by atoms with E-state index >= 15 is 0 Å². The van der Waals surface area contributed by atoms with Crippen LogP contribution < -0.4 is 5.32 Å². The normalized spacial score (nSPS) is 22.0. The van der Waals surface area contributed by atoms with E-state index in [1.165, 1.54) is 11.3 Å². The molecule has 1 saturated heterocycles. The fourth-order valence-electron chi connectivity index (χ4n) is 2.64. The highest BCUT2D eigenvalue weighted by atomic mass is 16.5. The van der Waals surface area contributed by atoms with E-state index in [-0.39, 0.29) is 6.10 Å². The van der Waals surface area contributed by atoms with Crippen LogP contribution in [0.4, 0.5) is 0 Å². The number of methoxy groups -OCH3 is 1. The highest BCUT2D eigenvalue weighted by molar-refractivity contribution is 5.21. The van der Waals surface area contributed by atoms with Gasteiger partial charge in [-0.15, -0.1) is 0 Å². The third kappa shape index (κ3) is 9.31. The van der Waals surface area contributed by atoms with Crippen LogP contribution in [0.15, 0.2) is 18.3 Å². The summed E-state index contributed by atoms with van der Waals surface area (Å²) in [6, 6.07) is 4.60. The Balaban J connectivity index is 0.000000387. The molecule has 1 aromatic heterocycles. The number of nitrogens with zero attached hydrogens (tertiary/aromatic N) is 2. The van der Waals surface area contributed by atoms with Gasteiger partial charge in [-0.25, -0.2) is 0 Å². The van der Waals surface area contributed by atoms with E-state index in [0.717, 1.165) is 32.7 Å². The Kier molecular flexibility index (Phi) is 14.6. The second-order valence-electron chi connectivity index (χ2n) is 5.70. The van der Waals surface area contributed by atoms with Crippen molar-refractivity contribution in [2.75, 3.05) is 40.5 Å². The summed E-state index contributed by atoms with van der Waals surface area (Å²) < 4.78 is 10.4. The molecule has 5 nitrogen and oxygen atoms in total. The van der Waals surface area contributed by atoms with Crippen molar-refractivity contribution >= 4 is 0 Å². The Morgan fingerprint density at radius 2 is 2.04 bits per heavy atom. The molecule has 0 saturated carbocycles. The first-order valence-electron chi connectivity index (χ1n) is 9.66. The Hall–Kier alpha value is -1.01. The van der Waals surface area contributed by atoms with Crippen molar-refractivity contribution in [3.8, 4) is 0 Å². The number of likely N-dealkylation sites (N-methyl/N-ethyl adjacent to an activating group) is 1. The van der Waals surface area contributed by atoms with Gasteiger partial charge in [0.05, 0.1) is 19.3 Å². The third-order valence-electron chi connectivity index (χ3n) is 3.94. The van der Waals surface area contributed by atoms with E-state index in [0.29, 0.717) is 12.6 Å². The molecule has 0 spiro atoms. The minimum Gasteiger partial charge on any atom is -0.382 e. The Morgan fingerprint density at radius 3 is 2.68 bits per heavy atom. The summed E-state index contributed by atoms with van der Waals surface area (Å²) in [7, 11) is 3.85. The van der Waals surface area contributed by atoms with Gasteiger partial charge in [-0.1, -0.05) is 33.8 Å². The van der Waals surface area contributed by atoms with Crippen molar-refractivity contribution in [3.05, 3.63) is 29.6 Å². The standard InChI is InChI=1S/C9H12N2.C7H15NO2.2C2H6/c1-11-6-4-9-8(7-11)3-2-5-10-9;1-6-7(5-9-2)10-4-3-8-6;2*1-2/h2-3,5H,4,6-7H2,1H3;6-8H,3-5H2,1-2H3;2*1-2H3. The predicted octanol–water partition coefficient (Wildman–Crippen LogP) is 3.13. The van der Waals surface area contributed by atoms with Crippen LogP contribution in [0.25, 0.3) is 0 Å². The zero-order valence-electron chi connectivity index (χ0n) is 17.3. The molecule has 0 aromatic carbocycles. The molecule has 146 valence electrons. The van der Waals surface area contributed by atoms with Crippen LogP contribution >= 0.6 is 0 Å². The number of aromatic nitrogens is 1. The average Bonchev–Trinajstić information content (AvgIpc) is 2.67. The lowest BCUT2D eigenvalue weighted by atomic mass is 10.1. The van der Waals surface area contributed by atoms with E-state index in [4.69, 9.17) is 9.47 Å². The smallest absolute Gasteiger partial charge is 0.0958 e. The number of nitrogens with one attached hydrogen (secondary N) is 1. The lowest BCUT2D eigenvalue weighted by Gasteiger charge is -2.29. The second kappa shape index (κ2) is 15.3. The van der Waals surface area contributed by atoms with Gasteiger partial charge in [0, 0.05) is 51.1 Å². The monoisotopic (exact) mass is 353 g/mol. The molecule has 2 aliphatic rings. The molecule has 2 aliphatic heterocycles. The summed E-state index contributed by atoms with van der Waals surface area (Å²) in [6.07, 6.45) is 3.22. The van der Waals surface area contributed by atoms with Crippen LogP contribution in [0.5, 0.6) is 0 Å². The molecule has 1 N–H and O–H groups in total. The number of ether oxygens (including phenoxy) is 2. The van der Waals surface area contributed by atoms with Gasteiger partial charge in [0.15, 0.2) is 0 Å². The third-order valence-corrected chi connectivity index (χ3v) is 3.94. The van der Waals surface area contributed by atoms with Crippen molar-refractivity contribution < 1.29 is 9.47 Å². The van der Waals surface area contributed by atoms with Gasteiger partial charge in [-0.3, -0.25) is 4.98 Å². The molecule has 2 unspecified atom stereocenters. The molecule has 0 bridgehead atoms. The molecule has 0 radical (unpaired) electrons. The summed E-state index contributed by atoms with van der Waals surface area (Å²) in [5.74, 6) is 0. The highest BCUT2D eigenvalue weighted by Crippen LogP contribution is 2.13. The van der Waals surface area contributed by atoms with Crippen molar-refractivity contribution in [2.24, 2.45) is 0 Å². The van der Waals surface area contributed by atoms with E-state index in [2.05, 4.69) is 35.2 Å². The summed E-state index contributed by atoms with van der Waals surface area (Å²) in [6.45, 7) is 14.8. The fourth-order valence-corrected chi connectivity index (χ4v) is 2.64. The van der Waals surface area contributed by atoms with Gasteiger partial charge in [0.1, 0.15) is 0 Å². The number of morpholine rings is 1. The van der Waals surface area contributed by atoms with Gasteiger partial charge >= 0.3 is 0 Å². The van der Waals surface area contributed by atoms with Crippen LogP contribution in [0.1, 0.15) is 45.9 Å². The first kappa shape index (κ1) is 24.0. The van der Waals surface area contributed by atoms with Gasteiger partial charge in [-0.05, 0) is 25.6 Å². The van der Waals surface area contributed by atoms with Gasteiger partial charge in [0.25, 0.3) is 0 Å². The molecule has 0 amide bonds. The molecule has 25 heavy (non-hydrogen) atoms. The van der Waals surface area contributed by atoms with E-state index in [9.17, 15) is 0 Å². The van der Waals surface area contributed by atoms with Gasteiger partial charge in [-0.2, -0.15) is 0 Å². The highest BCUT2D eigenvalue weighted by Gasteiger charge is 2.20. The van der Waals surface area contributed by atoms with Crippen LogP contribution in [0.3, 0.4) is 0 Å². The largest absolute Gasteiger partial charge is 0.382 e. The molecule has 1 aromatic rings. The fraction of sp³-hybridized carbons (Fsp3) is 0.750. The minimum atomic E-state index is 0.235. The quantitative estimate of drug-likeness (QED) is 0.885. The number of pyridine rings is 1. The maximum atomic E-state index is 5.44. The van der Waals surface area contributed by atoms with Crippen molar-refractivity contribution in [3.63, 3.8) is 0 Å². The molecule has 0 aliphatic carbocycles. The van der Waals surface area contributed by atoms with Crippen LogP contribution in [0.2, 0.25) is 0 Å². The Labute approximate surface area is 155 Å². The van der Waals surface area contributed by atoms with E-state index in [1.807, 2.05) is 40.0 Å². The van der Waals surface area contributed by atoms with E-state index in [1.54, 1.807) is 7.11 Å². The lowest BCUT2D eigenvalue weighted by Crippen LogP contribution is -2.48. The topological polar surface area (TPSA) is 46.6 Å². The molecule has 3 rings (SSSR count). The van der Waals surface area contributed by atoms with Crippen molar-refractivity contribution in [2.45, 2.75) is 59.7 Å². The number of hydrogen-bond acceptors (Lipinski definition) is 5. The SMILES string of the molecule is CC.CC.CN1CCc2ncccc2C1.COCC1OCCNC1C. The molecular weight excluding hydrogens is 314 g/mol. The number of rotatable bonds is 2. The summed E-state index contributed by atoms with van der Waals surface area (Å²) in [4.78, 5) is 6.65. The number of fused-ring (bicyclic) bond motifs is 1. The second-order valence-corrected chi connectivity index (χ2v) is 5.70. The molecule has 5 heteroatoms. The Bertz CT molecular complexity index is 427. The van der Waals surface area contributed by atoms with Gasteiger partial charge in [0.2, 0.25) is 0 Å². The zero-order chi connectivity index (χ0) is 19.1. The van der Waals surface area contributed by atoms with Gasteiger partial charge < -0.3 is 19.7 Å². The maximum absolute atomic E-state index is 5.44. The van der Waals surface area contributed by atoms with Crippen LogP contribution in [-0.4, -0.2) is 62.5 Å². The van der Waals surface area contributed by atoms with Crippen molar-refractivity contribution in [1.82, 2.24) is 15.2 Å². The summed E-state index contributed by atoms with van der Waals surface area (Å²) >= 11 is 0. The maximum Gasteiger partial charge on any atom is 0.0958 e. The molecular formula is C20H39N3O2. The predicted molar refractivity (Wildman–Crippen MR) is 106 cm³/mol. The van der Waals surface area contributed by atoms with Crippen molar-refractivity contribution in [1.29, 1.82) is 0 Å². The first-order chi connectivity index (χ1) is 12.2. The molecule has 1 fully saturated rings. The Morgan fingerprint density at radius 1 is 1.32 bits per heavy atom.